The first-order valence-electron chi connectivity index (χ1n) is 6.21. The van der Waals surface area contributed by atoms with Gasteiger partial charge in [0, 0.05) is 5.69 Å². The van der Waals surface area contributed by atoms with Crippen molar-refractivity contribution in [2.75, 3.05) is 5.32 Å². The predicted molar refractivity (Wildman–Crippen MR) is 84.4 cm³/mol. The number of anilines is 1. The van der Waals surface area contributed by atoms with Gasteiger partial charge in [-0.2, -0.15) is 0 Å². The summed E-state index contributed by atoms with van der Waals surface area (Å²) in [4.78, 5) is 23.7. The van der Waals surface area contributed by atoms with Crippen molar-refractivity contribution in [3.05, 3.63) is 51.2 Å². The van der Waals surface area contributed by atoms with Crippen LogP contribution in [0.5, 0.6) is 0 Å². The third-order valence-electron chi connectivity index (χ3n) is 3.20. The van der Waals surface area contributed by atoms with Crippen molar-refractivity contribution < 1.29 is 14.7 Å². The lowest BCUT2D eigenvalue weighted by Crippen LogP contribution is -2.28. The third kappa shape index (κ3) is 3.43. The SMILES string of the molecule is CC(C)(C(=O)O)c1ccc(NC(=O)c2ccc(Cl)s2)cc1. The lowest BCUT2D eigenvalue weighted by molar-refractivity contribution is -0.142. The van der Waals surface area contributed by atoms with Crippen molar-refractivity contribution in [2.45, 2.75) is 19.3 Å². The van der Waals surface area contributed by atoms with Crippen molar-refractivity contribution in [1.29, 1.82) is 0 Å². The van der Waals surface area contributed by atoms with E-state index in [9.17, 15) is 14.7 Å². The van der Waals surface area contributed by atoms with E-state index in [-0.39, 0.29) is 5.91 Å². The summed E-state index contributed by atoms with van der Waals surface area (Å²) in [7, 11) is 0. The van der Waals surface area contributed by atoms with Crippen molar-refractivity contribution in [3.8, 4) is 0 Å². The van der Waals surface area contributed by atoms with Gasteiger partial charge in [0.1, 0.15) is 0 Å². The van der Waals surface area contributed by atoms with E-state index in [0.717, 1.165) is 0 Å². The average Bonchev–Trinajstić information content (AvgIpc) is 2.86. The van der Waals surface area contributed by atoms with Gasteiger partial charge < -0.3 is 10.4 Å². The first-order valence-corrected chi connectivity index (χ1v) is 7.41. The van der Waals surface area contributed by atoms with Gasteiger partial charge >= 0.3 is 5.97 Å². The van der Waals surface area contributed by atoms with Gasteiger partial charge in [0.05, 0.1) is 14.6 Å². The lowest BCUT2D eigenvalue weighted by Gasteiger charge is -2.19. The maximum atomic E-state index is 12.0. The Labute approximate surface area is 131 Å². The number of carbonyl (C=O) groups is 2. The summed E-state index contributed by atoms with van der Waals surface area (Å²) in [6.45, 7) is 3.27. The number of nitrogens with one attached hydrogen (secondary N) is 1. The van der Waals surface area contributed by atoms with Crippen molar-refractivity contribution in [3.63, 3.8) is 0 Å². The maximum absolute atomic E-state index is 12.0. The Kier molecular flexibility index (Phi) is 4.34. The topological polar surface area (TPSA) is 66.4 Å². The van der Waals surface area contributed by atoms with Crippen LogP contribution in [0.15, 0.2) is 36.4 Å². The number of thiophene rings is 1. The normalized spacial score (nSPS) is 11.2. The molecule has 0 spiro atoms. The standard InChI is InChI=1S/C15H14ClNO3S/c1-15(2,14(19)20)9-3-5-10(6-4-9)17-13(18)11-7-8-12(16)21-11/h3-8H,1-2H3,(H,17,18)(H,19,20). The fourth-order valence-corrected chi connectivity index (χ4v) is 2.66. The molecule has 6 heteroatoms. The zero-order valence-corrected chi connectivity index (χ0v) is 13.1. The molecule has 1 amide bonds. The molecule has 0 saturated carbocycles. The van der Waals surface area contributed by atoms with Crippen LogP contribution >= 0.6 is 22.9 Å². The summed E-state index contributed by atoms with van der Waals surface area (Å²) in [5.74, 6) is -1.13. The Morgan fingerprint density at radius 3 is 2.24 bits per heavy atom. The summed E-state index contributed by atoms with van der Waals surface area (Å²) in [5.41, 5.74) is 0.311. The highest BCUT2D eigenvalue weighted by Crippen LogP contribution is 2.26. The number of carbonyl (C=O) groups excluding carboxylic acids is 1. The largest absolute Gasteiger partial charge is 0.481 e. The average molecular weight is 324 g/mol. The number of carboxylic acids is 1. The Morgan fingerprint density at radius 2 is 1.76 bits per heavy atom. The van der Waals surface area contributed by atoms with Crippen molar-refractivity contribution in [1.82, 2.24) is 0 Å². The Morgan fingerprint density at radius 1 is 1.14 bits per heavy atom. The molecule has 2 aromatic rings. The summed E-state index contributed by atoms with van der Waals surface area (Å²) in [5, 5.41) is 11.9. The number of hydrogen-bond acceptors (Lipinski definition) is 3. The summed E-state index contributed by atoms with van der Waals surface area (Å²) in [6, 6.07) is 10.1. The van der Waals surface area contributed by atoms with E-state index in [1.54, 1.807) is 50.2 Å². The highest BCUT2D eigenvalue weighted by Gasteiger charge is 2.29. The van der Waals surface area contributed by atoms with Crippen LogP contribution < -0.4 is 5.32 Å². The molecule has 0 fully saturated rings. The van der Waals surface area contributed by atoms with E-state index in [1.807, 2.05) is 0 Å². The minimum atomic E-state index is -0.968. The smallest absolute Gasteiger partial charge is 0.313 e. The predicted octanol–water partition coefficient (Wildman–Crippen LogP) is 4.02. The van der Waals surface area contributed by atoms with E-state index in [2.05, 4.69) is 5.32 Å². The monoisotopic (exact) mass is 323 g/mol. The Balaban J connectivity index is 2.13. The number of aliphatic carboxylic acids is 1. The zero-order chi connectivity index (χ0) is 15.6. The molecule has 1 heterocycles. The van der Waals surface area contributed by atoms with Gasteiger partial charge in [0.25, 0.3) is 5.91 Å². The van der Waals surface area contributed by atoms with Crippen LogP contribution in [0.2, 0.25) is 4.34 Å². The molecule has 0 aliphatic rings. The molecular weight excluding hydrogens is 310 g/mol. The number of rotatable bonds is 4. The fourth-order valence-electron chi connectivity index (χ4n) is 1.72. The second kappa shape index (κ2) is 5.87. The molecule has 1 aromatic carbocycles. The first-order chi connectivity index (χ1) is 9.80. The molecule has 0 bridgehead atoms. The maximum Gasteiger partial charge on any atom is 0.313 e. The lowest BCUT2D eigenvalue weighted by atomic mass is 9.85. The zero-order valence-electron chi connectivity index (χ0n) is 11.5. The molecule has 0 radical (unpaired) electrons. The van der Waals surface area contributed by atoms with Gasteiger partial charge in [-0.15, -0.1) is 11.3 Å². The van der Waals surface area contributed by atoms with Gasteiger partial charge in [-0.25, -0.2) is 0 Å². The molecule has 0 saturated heterocycles. The van der Waals surface area contributed by atoms with E-state index >= 15 is 0 Å². The van der Waals surface area contributed by atoms with Crippen LogP contribution in [0.25, 0.3) is 0 Å². The molecular formula is C15H14ClNO3S. The molecule has 0 aliphatic carbocycles. The number of halogens is 1. The van der Waals surface area contributed by atoms with Crippen LogP contribution in [-0.4, -0.2) is 17.0 Å². The number of carboxylic acid groups (broad SMARTS) is 1. The first kappa shape index (κ1) is 15.5. The number of hydrogen-bond donors (Lipinski definition) is 2. The fraction of sp³-hybridized carbons (Fsp3) is 0.200. The highest BCUT2D eigenvalue weighted by atomic mass is 35.5. The van der Waals surface area contributed by atoms with E-state index in [4.69, 9.17) is 11.6 Å². The molecule has 0 unspecified atom stereocenters. The minimum absolute atomic E-state index is 0.239. The summed E-state index contributed by atoms with van der Waals surface area (Å²) < 4.78 is 0.554. The minimum Gasteiger partial charge on any atom is -0.481 e. The Bertz CT molecular complexity index is 676. The van der Waals surface area contributed by atoms with Crippen molar-refractivity contribution >= 4 is 40.5 Å². The van der Waals surface area contributed by atoms with Crippen LogP contribution in [-0.2, 0) is 10.2 Å². The summed E-state index contributed by atoms with van der Waals surface area (Å²) in [6.07, 6.45) is 0. The second-order valence-corrected chi connectivity index (χ2v) is 6.78. The molecule has 4 nitrogen and oxygen atoms in total. The number of amides is 1. The van der Waals surface area contributed by atoms with Crippen LogP contribution in [0.1, 0.15) is 29.1 Å². The van der Waals surface area contributed by atoms with Crippen molar-refractivity contribution in [2.24, 2.45) is 0 Å². The van der Waals surface area contributed by atoms with E-state index < -0.39 is 11.4 Å². The molecule has 0 atom stereocenters. The van der Waals surface area contributed by atoms with E-state index in [0.29, 0.717) is 20.5 Å². The summed E-state index contributed by atoms with van der Waals surface area (Å²) >= 11 is 6.99. The highest BCUT2D eigenvalue weighted by molar-refractivity contribution is 7.18. The van der Waals surface area contributed by atoms with Gasteiger partial charge in [-0.05, 0) is 43.7 Å². The van der Waals surface area contributed by atoms with Gasteiger partial charge in [0.15, 0.2) is 0 Å². The Hall–Kier alpha value is -1.85. The quantitative estimate of drug-likeness (QED) is 0.893. The van der Waals surface area contributed by atoms with Crippen LogP contribution in [0.4, 0.5) is 5.69 Å². The third-order valence-corrected chi connectivity index (χ3v) is 4.43. The van der Waals surface area contributed by atoms with Gasteiger partial charge in [0.2, 0.25) is 0 Å². The van der Waals surface area contributed by atoms with Crippen LogP contribution in [0.3, 0.4) is 0 Å². The van der Waals surface area contributed by atoms with Gasteiger partial charge in [-0.1, -0.05) is 23.7 Å². The molecule has 2 rings (SSSR count). The van der Waals surface area contributed by atoms with E-state index in [1.165, 1.54) is 11.3 Å². The molecule has 21 heavy (non-hydrogen) atoms. The molecule has 0 aliphatic heterocycles. The van der Waals surface area contributed by atoms with Crippen LogP contribution in [0, 0.1) is 0 Å². The molecule has 2 N–H and O–H groups in total. The van der Waals surface area contributed by atoms with Gasteiger partial charge in [-0.3, -0.25) is 9.59 Å². The second-order valence-electron chi connectivity index (χ2n) is 5.07. The number of benzene rings is 1. The molecule has 1 aromatic heterocycles. The molecule has 110 valence electrons.